The van der Waals surface area contributed by atoms with Gasteiger partial charge in [-0.25, -0.2) is 0 Å². The lowest BCUT2D eigenvalue weighted by Gasteiger charge is -1.86. The average molecular weight is 182 g/mol. The quantitative estimate of drug-likeness (QED) is 0.474. The molecule has 0 aromatic heterocycles. The highest BCUT2D eigenvalue weighted by molar-refractivity contribution is 8.93. The van der Waals surface area contributed by atoms with E-state index in [0.717, 1.165) is 13.0 Å². The lowest BCUT2D eigenvalue weighted by Crippen LogP contribution is -2.22. The Morgan fingerprint density at radius 1 is 1.50 bits per heavy atom. The van der Waals surface area contributed by atoms with E-state index in [-0.39, 0.29) is 22.9 Å². The van der Waals surface area contributed by atoms with Gasteiger partial charge in [-0.05, 0) is 6.42 Å². The molecule has 0 fully saturated rings. The van der Waals surface area contributed by atoms with E-state index in [9.17, 15) is 0 Å². The summed E-state index contributed by atoms with van der Waals surface area (Å²) in [7, 11) is 0. The molecule has 0 amide bonds. The maximum atomic E-state index is 5.01. The molecule has 0 aliphatic carbocycles. The third-order valence-corrected chi connectivity index (χ3v) is 0.518. The Morgan fingerprint density at radius 2 is 2.00 bits per heavy atom. The van der Waals surface area contributed by atoms with Gasteiger partial charge in [0.05, 0.1) is 0 Å². The van der Waals surface area contributed by atoms with Gasteiger partial charge in [-0.2, -0.15) is 0 Å². The molecule has 0 aliphatic heterocycles. The zero-order valence-corrected chi connectivity index (χ0v) is 6.64. The van der Waals surface area contributed by atoms with Crippen molar-refractivity contribution in [1.29, 1.82) is 0 Å². The molecular weight excluding hydrogens is 170 g/mol. The first-order valence-electron chi connectivity index (χ1n) is 2.32. The van der Waals surface area contributed by atoms with Gasteiger partial charge >= 0.3 is 0 Å². The molecule has 0 saturated heterocycles. The minimum absolute atomic E-state index is 0. The van der Waals surface area contributed by atoms with Gasteiger partial charge in [-0.1, -0.05) is 6.92 Å². The van der Waals surface area contributed by atoms with Crippen LogP contribution in [-0.4, -0.2) is 12.5 Å². The van der Waals surface area contributed by atoms with E-state index in [1.54, 1.807) is 0 Å². The molecule has 8 heavy (non-hydrogen) atoms. The number of nitrogens with zero attached hydrogens (tertiary/aromatic N) is 1. The maximum absolute atomic E-state index is 5.01. The van der Waals surface area contributed by atoms with Crippen LogP contribution in [0.1, 0.15) is 13.3 Å². The smallest absolute Gasteiger partial charge is 0.185 e. The van der Waals surface area contributed by atoms with E-state index in [1.165, 1.54) is 0 Å². The van der Waals surface area contributed by atoms with E-state index < -0.39 is 0 Å². The number of rotatable bonds is 2. The number of hydrogen-bond donors (Lipinski definition) is 2. The normalized spacial score (nSPS) is 7.12. The molecule has 0 saturated carbocycles. The van der Waals surface area contributed by atoms with Crippen molar-refractivity contribution in [3.63, 3.8) is 0 Å². The van der Waals surface area contributed by atoms with Crippen molar-refractivity contribution >= 4 is 22.9 Å². The van der Waals surface area contributed by atoms with Crippen LogP contribution in [0.2, 0.25) is 0 Å². The Bertz CT molecular complexity index is 67.7. The van der Waals surface area contributed by atoms with Gasteiger partial charge in [0.2, 0.25) is 0 Å². The van der Waals surface area contributed by atoms with Gasteiger partial charge in [0.15, 0.2) is 5.96 Å². The Balaban J connectivity index is 0. The van der Waals surface area contributed by atoms with Crippen LogP contribution < -0.4 is 11.5 Å². The van der Waals surface area contributed by atoms with Gasteiger partial charge < -0.3 is 11.5 Å². The number of aliphatic imine (C=N–C) groups is 1. The Labute approximate surface area is 59.9 Å². The highest BCUT2D eigenvalue weighted by atomic mass is 79.9. The molecule has 0 spiro atoms. The topological polar surface area (TPSA) is 64.4 Å². The van der Waals surface area contributed by atoms with Gasteiger partial charge in [0.25, 0.3) is 0 Å². The van der Waals surface area contributed by atoms with E-state index >= 15 is 0 Å². The summed E-state index contributed by atoms with van der Waals surface area (Å²) in [6.07, 6.45) is 0.998. The van der Waals surface area contributed by atoms with E-state index in [2.05, 4.69) is 4.99 Å². The summed E-state index contributed by atoms with van der Waals surface area (Å²) in [5, 5.41) is 0. The van der Waals surface area contributed by atoms with E-state index in [4.69, 9.17) is 11.5 Å². The first-order valence-corrected chi connectivity index (χ1v) is 2.32. The summed E-state index contributed by atoms with van der Waals surface area (Å²) < 4.78 is 0. The predicted octanol–water partition coefficient (Wildman–Crippen LogP) is 0.248. The second-order valence-electron chi connectivity index (χ2n) is 1.31. The predicted molar refractivity (Wildman–Crippen MR) is 41.3 cm³/mol. The lowest BCUT2D eigenvalue weighted by atomic mass is 10.5. The van der Waals surface area contributed by atoms with Gasteiger partial charge in [-0.15, -0.1) is 17.0 Å². The molecule has 3 nitrogen and oxygen atoms in total. The molecule has 0 aromatic rings. The molecule has 0 bridgehead atoms. The third kappa shape index (κ3) is 9.23. The lowest BCUT2D eigenvalue weighted by molar-refractivity contribution is 0.927. The summed E-state index contributed by atoms with van der Waals surface area (Å²) in [4.78, 5) is 3.72. The summed E-state index contributed by atoms with van der Waals surface area (Å²) >= 11 is 0. The van der Waals surface area contributed by atoms with Crippen LogP contribution in [0.5, 0.6) is 0 Å². The van der Waals surface area contributed by atoms with Gasteiger partial charge in [-0.3, -0.25) is 4.99 Å². The summed E-state index contributed by atoms with van der Waals surface area (Å²) in [5.74, 6) is 0.182. The van der Waals surface area contributed by atoms with Gasteiger partial charge in [0, 0.05) is 6.54 Å². The van der Waals surface area contributed by atoms with Crippen LogP contribution in [0.25, 0.3) is 0 Å². The van der Waals surface area contributed by atoms with Crippen LogP contribution in [0.3, 0.4) is 0 Å². The number of nitrogens with two attached hydrogens (primary N) is 2. The fourth-order valence-corrected chi connectivity index (χ4v) is 0.241. The van der Waals surface area contributed by atoms with Crippen LogP contribution >= 0.6 is 17.0 Å². The zero-order chi connectivity index (χ0) is 5.70. The molecule has 0 rings (SSSR count). The fraction of sp³-hybridized carbons (Fsp3) is 0.750. The zero-order valence-electron chi connectivity index (χ0n) is 4.92. The average Bonchev–Trinajstić information content (AvgIpc) is 1.61. The number of guanidine groups is 1. The highest BCUT2D eigenvalue weighted by Gasteiger charge is 1.74. The van der Waals surface area contributed by atoms with Crippen LogP contribution in [0, 0.1) is 0 Å². The van der Waals surface area contributed by atoms with Crippen molar-refractivity contribution < 1.29 is 0 Å². The molecule has 0 unspecified atom stereocenters. The number of hydrogen-bond acceptors (Lipinski definition) is 1. The Hall–Kier alpha value is -0.250. The molecule has 50 valence electrons. The van der Waals surface area contributed by atoms with E-state index in [1.807, 2.05) is 6.92 Å². The molecule has 0 aliphatic rings. The monoisotopic (exact) mass is 181 g/mol. The van der Waals surface area contributed by atoms with Gasteiger partial charge in [0.1, 0.15) is 0 Å². The fourth-order valence-electron chi connectivity index (χ4n) is 0.241. The number of halogens is 1. The summed E-state index contributed by atoms with van der Waals surface area (Å²) in [5.41, 5.74) is 10.0. The Morgan fingerprint density at radius 3 is 2.12 bits per heavy atom. The molecule has 0 aromatic carbocycles. The maximum Gasteiger partial charge on any atom is 0.185 e. The molecule has 4 N–H and O–H groups in total. The van der Waals surface area contributed by atoms with Crippen LogP contribution in [-0.2, 0) is 0 Å². The van der Waals surface area contributed by atoms with Crippen molar-refractivity contribution in [3.8, 4) is 0 Å². The minimum atomic E-state index is 0. The minimum Gasteiger partial charge on any atom is -0.370 e. The van der Waals surface area contributed by atoms with E-state index in [0.29, 0.717) is 0 Å². The van der Waals surface area contributed by atoms with Crippen molar-refractivity contribution in [2.45, 2.75) is 13.3 Å². The second kappa shape index (κ2) is 6.75. The largest absolute Gasteiger partial charge is 0.370 e. The SMILES string of the molecule is Br.CCCN=C(N)N. The first kappa shape index (κ1) is 10.7. The highest BCUT2D eigenvalue weighted by Crippen LogP contribution is 1.73. The van der Waals surface area contributed by atoms with Crippen molar-refractivity contribution in [1.82, 2.24) is 0 Å². The van der Waals surface area contributed by atoms with Crippen molar-refractivity contribution in [2.24, 2.45) is 16.5 Å². The molecular formula is C4H12BrN3. The Kier molecular flexibility index (Phi) is 9.01. The molecule has 0 atom stereocenters. The summed E-state index contributed by atoms with van der Waals surface area (Å²) in [6, 6.07) is 0. The molecule has 0 heterocycles. The standard InChI is InChI=1S/C4H11N3.BrH/c1-2-3-7-4(5)6;/h2-3H2,1H3,(H4,5,6,7);1H. The van der Waals surface area contributed by atoms with Crippen LogP contribution in [0.15, 0.2) is 4.99 Å². The third-order valence-electron chi connectivity index (χ3n) is 0.518. The first-order chi connectivity index (χ1) is 3.27. The van der Waals surface area contributed by atoms with Crippen molar-refractivity contribution in [3.05, 3.63) is 0 Å². The van der Waals surface area contributed by atoms with Crippen LogP contribution in [0.4, 0.5) is 0 Å². The van der Waals surface area contributed by atoms with Crippen molar-refractivity contribution in [2.75, 3.05) is 6.54 Å². The molecule has 4 heteroatoms. The summed E-state index contributed by atoms with van der Waals surface area (Å²) in [6.45, 7) is 2.76. The second-order valence-corrected chi connectivity index (χ2v) is 1.31. The molecule has 0 radical (unpaired) electrons.